The first-order chi connectivity index (χ1) is 7.24. The van der Waals surface area contributed by atoms with Gasteiger partial charge in [-0.25, -0.2) is 0 Å². The molecular formula is C11H21NO3. The molecule has 1 rings (SSSR count). The molecule has 1 saturated heterocycles. The van der Waals surface area contributed by atoms with Gasteiger partial charge in [0.15, 0.2) is 0 Å². The average Bonchev–Trinajstić information content (AvgIpc) is 2.27. The predicted molar refractivity (Wildman–Crippen MR) is 57.7 cm³/mol. The molecule has 0 aromatic heterocycles. The Labute approximate surface area is 91.5 Å². The summed E-state index contributed by atoms with van der Waals surface area (Å²) in [6.45, 7) is 4.72. The molecule has 1 unspecified atom stereocenters. The standard InChI is InChI=1S/C11H21NO3/c1-3-15-11(13)6-7-12(2)10-5-4-8-14-9-10/h10H,3-9H2,1-2H3. The van der Waals surface area contributed by atoms with E-state index in [1.165, 1.54) is 6.42 Å². The van der Waals surface area contributed by atoms with E-state index in [1.54, 1.807) is 0 Å². The van der Waals surface area contributed by atoms with Crippen molar-refractivity contribution in [1.29, 1.82) is 0 Å². The minimum Gasteiger partial charge on any atom is -0.466 e. The minimum atomic E-state index is -0.110. The molecule has 0 aromatic rings. The molecule has 0 aromatic carbocycles. The molecule has 1 fully saturated rings. The van der Waals surface area contributed by atoms with E-state index in [1.807, 2.05) is 14.0 Å². The minimum absolute atomic E-state index is 0.110. The third-order valence-corrected chi connectivity index (χ3v) is 2.73. The molecule has 0 N–H and O–H groups in total. The van der Waals surface area contributed by atoms with Crippen LogP contribution < -0.4 is 0 Å². The third kappa shape index (κ3) is 4.62. The van der Waals surface area contributed by atoms with Crippen molar-refractivity contribution in [2.75, 3.05) is 33.4 Å². The van der Waals surface area contributed by atoms with Crippen LogP contribution >= 0.6 is 0 Å². The van der Waals surface area contributed by atoms with Gasteiger partial charge in [0.2, 0.25) is 0 Å². The van der Waals surface area contributed by atoms with E-state index < -0.39 is 0 Å². The smallest absolute Gasteiger partial charge is 0.307 e. The Hall–Kier alpha value is -0.610. The van der Waals surface area contributed by atoms with Crippen molar-refractivity contribution in [1.82, 2.24) is 4.90 Å². The number of hydrogen-bond acceptors (Lipinski definition) is 4. The average molecular weight is 215 g/mol. The van der Waals surface area contributed by atoms with Crippen LogP contribution in [0, 0.1) is 0 Å². The Bertz CT molecular complexity index is 190. The Kier molecular flexibility index (Phi) is 5.65. The molecule has 0 bridgehead atoms. The predicted octanol–water partition coefficient (Wildman–Crippen LogP) is 1.05. The van der Waals surface area contributed by atoms with E-state index in [0.717, 1.165) is 26.2 Å². The maximum absolute atomic E-state index is 11.2. The van der Waals surface area contributed by atoms with Crippen LogP contribution in [-0.2, 0) is 14.3 Å². The highest BCUT2D eigenvalue weighted by atomic mass is 16.5. The molecule has 4 heteroatoms. The lowest BCUT2D eigenvalue weighted by molar-refractivity contribution is -0.143. The van der Waals surface area contributed by atoms with Crippen LogP contribution in [0.4, 0.5) is 0 Å². The highest BCUT2D eigenvalue weighted by molar-refractivity contribution is 5.69. The fraction of sp³-hybridized carbons (Fsp3) is 0.909. The highest BCUT2D eigenvalue weighted by Crippen LogP contribution is 2.11. The molecule has 0 saturated carbocycles. The van der Waals surface area contributed by atoms with Crippen molar-refractivity contribution >= 4 is 5.97 Å². The molecule has 1 aliphatic rings. The van der Waals surface area contributed by atoms with Crippen LogP contribution in [-0.4, -0.2) is 50.3 Å². The van der Waals surface area contributed by atoms with Crippen molar-refractivity contribution in [2.45, 2.75) is 32.2 Å². The molecule has 1 aliphatic heterocycles. The summed E-state index contributed by atoms with van der Waals surface area (Å²) in [6.07, 6.45) is 2.76. The Morgan fingerprint density at radius 1 is 1.60 bits per heavy atom. The Balaban J connectivity index is 2.16. The molecule has 0 radical (unpaired) electrons. The summed E-state index contributed by atoms with van der Waals surface area (Å²) in [4.78, 5) is 13.3. The topological polar surface area (TPSA) is 38.8 Å². The van der Waals surface area contributed by atoms with Crippen LogP contribution in [0.5, 0.6) is 0 Å². The van der Waals surface area contributed by atoms with Gasteiger partial charge in [0.25, 0.3) is 0 Å². The molecule has 1 heterocycles. The number of esters is 1. The molecular weight excluding hydrogens is 194 g/mol. The van der Waals surface area contributed by atoms with Crippen LogP contribution in [0.3, 0.4) is 0 Å². The van der Waals surface area contributed by atoms with Crippen LogP contribution in [0.15, 0.2) is 0 Å². The second-order valence-corrected chi connectivity index (χ2v) is 3.91. The molecule has 1 atom stereocenters. The van der Waals surface area contributed by atoms with Crippen LogP contribution in [0.25, 0.3) is 0 Å². The number of likely N-dealkylation sites (N-methyl/N-ethyl adjacent to an activating group) is 1. The normalized spacial score (nSPS) is 21.7. The Morgan fingerprint density at radius 3 is 3.00 bits per heavy atom. The van der Waals surface area contributed by atoms with Gasteiger partial charge in [-0.05, 0) is 26.8 Å². The first kappa shape index (κ1) is 12.5. The maximum atomic E-state index is 11.2. The summed E-state index contributed by atoms with van der Waals surface area (Å²) >= 11 is 0. The molecule has 88 valence electrons. The number of ether oxygens (including phenoxy) is 2. The van der Waals surface area contributed by atoms with Crippen LogP contribution in [0.1, 0.15) is 26.2 Å². The van der Waals surface area contributed by atoms with Gasteiger partial charge in [-0.3, -0.25) is 4.79 Å². The quantitative estimate of drug-likeness (QED) is 0.643. The lowest BCUT2D eigenvalue weighted by Crippen LogP contribution is -2.39. The van der Waals surface area contributed by atoms with E-state index in [9.17, 15) is 4.79 Å². The maximum Gasteiger partial charge on any atom is 0.307 e. The number of carbonyl (C=O) groups is 1. The van der Waals surface area contributed by atoms with Crippen molar-refractivity contribution in [2.24, 2.45) is 0 Å². The van der Waals surface area contributed by atoms with Crippen molar-refractivity contribution in [3.63, 3.8) is 0 Å². The van der Waals surface area contributed by atoms with E-state index >= 15 is 0 Å². The van der Waals surface area contributed by atoms with E-state index in [-0.39, 0.29) is 5.97 Å². The monoisotopic (exact) mass is 215 g/mol. The summed E-state index contributed by atoms with van der Waals surface area (Å²) in [7, 11) is 2.04. The van der Waals surface area contributed by atoms with E-state index in [2.05, 4.69) is 4.90 Å². The number of hydrogen-bond donors (Lipinski definition) is 0. The van der Waals surface area contributed by atoms with Crippen molar-refractivity contribution < 1.29 is 14.3 Å². The molecule has 0 aliphatic carbocycles. The second-order valence-electron chi connectivity index (χ2n) is 3.91. The zero-order valence-corrected chi connectivity index (χ0v) is 9.70. The summed E-state index contributed by atoms with van der Waals surface area (Å²) in [6, 6.07) is 0.466. The first-order valence-corrected chi connectivity index (χ1v) is 5.67. The second kappa shape index (κ2) is 6.80. The van der Waals surface area contributed by atoms with Gasteiger partial charge in [0.05, 0.1) is 19.6 Å². The largest absolute Gasteiger partial charge is 0.466 e. The lowest BCUT2D eigenvalue weighted by Gasteiger charge is -2.30. The van der Waals surface area contributed by atoms with Gasteiger partial charge in [-0.1, -0.05) is 0 Å². The number of carbonyl (C=O) groups excluding carboxylic acids is 1. The lowest BCUT2D eigenvalue weighted by atomic mass is 10.1. The summed E-state index contributed by atoms with van der Waals surface area (Å²) < 4.78 is 10.3. The van der Waals surface area contributed by atoms with Crippen molar-refractivity contribution in [3.8, 4) is 0 Å². The number of nitrogens with zero attached hydrogens (tertiary/aromatic N) is 1. The molecule has 0 spiro atoms. The summed E-state index contributed by atoms with van der Waals surface area (Å²) in [5.41, 5.74) is 0. The third-order valence-electron chi connectivity index (χ3n) is 2.73. The molecule has 0 amide bonds. The zero-order valence-electron chi connectivity index (χ0n) is 9.70. The van der Waals surface area contributed by atoms with Crippen molar-refractivity contribution in [3.05, 3.63) is 0 Å². The molecule has 15 heavy (non-hydrogen) atoms. The van der Waals surface area contributed by atoms with E-state index in [0.29, 0.717) is 19.1 Å². The zero-order chi connectivity index (χ0) is 11.1. The van der Waals surface area contributed by atoms with Crippen LogP contribution in [0.2, 0.25) is 0 Å². The van der Waals surface area contributed by atoms with Gasteiger partial charge in [-0.2, -0.15) is 0 Å². The van der Waals surface area contributed by atoms with Gasteiger partial charge in [0.1, 0.15) is 0 Å². The van der Waals surface area contributed by atoms with Gasteiger partial charge in [-0.15, -0.1) is 0 Å². The summed E-state index contributed by atoms with van der Waals surface area (Å²) in [5.74, 6) is -0.110. The van der Waals surface area contributed by atoms with Gasteiger partial charge in [0, 0.05) is 19.2 Å². The Morgan fingerprint density at radius 2 is 2.40 bits per heavy atom. The number of rotatable bonds is 5. The first-order valence-electron chi connectivity index (χ1n) is 5.67. The molecule has 4 nitrogen and oxygen atoms in total. The summed E-state index contributed by atoms with van der Waals surface area (Å²) in [5, 5.41) is 0. The van der Waals surface area contributed by atoms with Gasteiger partial charge < -0.3 is 14.4 Å². The highest BCUT2D eigenvalue weighted by Gasteiger charge is 2.18. The fourth-order valence-corrected chi connectivity index (χ4v) is 1.75. The van der Waals surface area contributed by atoms with Gasteiger partial charge >= 0.3 is 5.97 Å². The fourth-order valence-electron chi connectivity index (χ4n) is 1.75. The van der Waals surface area contributed by atoms with E-state index in [4.69, 9.17) is 9.47 Å². The SMILES string of the molecule is CCOC(=O)CCN(C)C1CCCOC1.